The Morgan fingerprint density at radius 1 is 1.41 bits per heavy atom. The molecular weight excluding hydrogens is 335 g/mol. The number of benzene rings is 1. The van der Waals surface area contributed by atoms with Gasteiger partial charge in [0.2, 0.25) is 0 Å². The number of hydrogen-bond donors (Lipinski definition) is 0. The molecule has 1 aromatic carbocycles. The number of amides is 1. The molecule has 92 valence electrons. The van der Waals surface area contributed by atoms with Crippen LogP contribution in [0.1, 0.15) is 24.2 Å². The van der Waals surface area contributed by atoms with Crippen LogP contribution in [0.15, 0.2) is 18.2 Å². The van der Waals surface area contributed by atoms with E-state index in [0.717, 1.165) is 3.57 Å². The minimum atomic E-state index is -0.491. The minimum Gasteiger partial charge on any atom is -0.339 e. The molecule has 1 amide bonds. The fourth-order valence-electron chi connectivity index (χ4n) is 1.47. The van der Waals surface area contributed by atoms with Crippen molar-refractivity contribution in [1.29, 1.82) is 0 Å². The first-order valence-corrected chi connectivity index (χ1v) is 6.32. The fourth-order valence-corrected chi connectivity index (χ4v) is 2.04. The van der Waals surface area contributed by atoms with Gasteiger partial charge >= 0.3 is 0 Å². The van der Waals surface area contributed by atoms with Gasteiger partial charge in [-0.05, 0) is 42.5 Å². The largest absolute Gasteiger partial charge is 0.339 e. The normalized spacial score (nSPS) is 10.1. The second-order valence-corrected chi connectivity index (χ2v) is 4.56. The first kappa shape index (κ1) is 13.9. The first-order chi connectivity index (χ1) is 8.01. The van der Waals surface area contributed by atoms with E-state index in [-0.39, 0.29) is 11.6 Å². The molecule has 0 fully saturated rings. The average Bonchev–Trinajstić information content (AvgIpc) is 2.30. The number of nitro benzene ring substituents is 1. The van der Waals surface area contributed by atoms with Crippen LogP contribution in [0.25, 0.3) is 0 Å². The summed E-state index contributed by atoms with van der Waals surface area (Å²) in [4.78, 5) is 23.9. The first-order valence-electron chi connectivity index (χ1n) is 5.24. The van der Waals surface area contributed by atoms with Crippen LogP contribution >= 0.6 is 22.6 Å². The van der Waals surface area contributed by atoms with Crippen LogP contribution in [0.4, 0.5) is 5.69 Å². The standard InChI is InChI=1S/C11H13IN2O3/c1-3-13(4-2)11(15)9-7-8(14(16)17)5-6-10(9)12/h5-7H,3-4H2,1-2H3. The van der Waals surface area contributed by atoms with Crippen LogP contribution in [0, 0.1) is 13.7 Å². The maximum absolute atomic E-state index is 12.1. The van der Waals surface area contributed by atoms with Crippen molar-refractivity contribution in [1.82, 2.24) is 4.90 Å². The Bertz CT molecular complexity index is 444. The number of rotatable bonds is 4. The lowest BCUT2D eigenvalue weighted by atomic mass is 10.1. The van der Waals surface area contributed by atoms with E-state index in [1.165, 1.54) is 12.1 Å². The molecule has 0 spiro atoms. The highest BCUT2D eigenvalue weighted by Crippen LogP contribution is 2.20. The molecule has 0 bridgehead atoms. The molecule has 1 aromatic rings. The number of carbonyl (C=O) groups is 1. The Balaban J connectivity index is 3.16. The van der Waals surface area contributed by atoms with Gasteiger partial charge in [0.1, 0.15) is 0 Å². The number of halogens is 1. The van der Waals surface area contributed by atoms with E-state index >= 15 is 0 Å². The zero-order valence-electron chi connectivity index (χ0n) is 9.64. The summed E-state index contributed by atoms with van der Waals surface area (Å²) in [5.74, 6) is -0.164. The topological polar surface area (TPSA) is 63.5 Å². The Morgan fingerprint density at radius 3 is 2.47 bits per heavy atom. The van der Waals surface area contributed by atoms with Crippen LogP contribution in [0.3, 0.4) is 0 Å². The van der Waals surface area contributed by atoms with E-state index in [0.29, 0.717) is 18.7 Å². The van der Waals surface area contributed by atoms with Crippen molar-refractivity contribution in [2.24, 2.45) is 0 Å². The lowest BCUT2D eigenvalue weighted by Gasteiger charge is -2.19. The summed E-state index contributed by atoms with van der Waals surface area (Å²) in [7, 11) is 0. The number of nitro groups is 1. The third kappa shape index (κ3) is 3.15. The lowest BCUT2D eigenvalue weighted by molar-refractivity contribution is -0.384. The van der Waals surface area contributed by atoms with Crippen LogP contribution in [0.5, 0.6) is 0 Å². The number of non-ortho nitro benzene ring substituents is 1. The van der Waals surface area contributed by atoms with Gasteiger partial charge in [0, 0.05) is 28.8 Å². The van der Waals surface area contributed by atoms with Crippen molar-refractivity contribution in [2.45, 2.75) is 13.8 Å². The highest BCUT2D eigenvalue weighted by atomic mass is 127. The molecule has 5 nitrogen and oxygen atoms in total. The zero-order valence-corrected chi connectivity index (χ0v) is 11.8. The summed E-state index contributed by atoms with van der Waals surface area (Å²) in [6.07, 6.45) is 0. The molecule has 0 atom stereocenters. The van der Waals surface area contributed by atoms with Crippen LogP contribution < -0.4 is 0 Å². The van der Waals surface area contributed by atoms with Crippen LogP contribution in [-0.4, -0.2) is 28.8 Å². The summed E-state index contributed by atoms with van der Waals surface area (Å²) in [5, 5.41) is 10.7. The molecular formula is C11H13IN2O3. The molecule has 0 aliphatic carbocycles. The SMILES string of the molecule is CCN(CC)C(=O)c1cc([N+](=O)[O-])ccc1I. The van der Waals surface area contributed by atoms with Gasteiger partial charge in [-0.1, -0.05) is 0 Å². The molecule has 17 heavy (non-hydrogen) atoms. The molecule has 0 aromatic heterocycles. The van der Waals surface area contributed by atoms with E-state index in [9.17, 15) is 14.9 Å². The van der Waals surface area contributed by atoms with Crippen molar-refractivity contribution in [3.05, 3.63) is 37.4 Å². The molecule has 0 saturated carbocycles. The van der Waals surface area contributed by atoms with Gasteiger partial charge in [-0.3, -0.25) is 14.9 Å². The Labute approximate surface area is 113 Å². The number of hydrogen-bond acceptors (Lipinski definition) is 3. The number of carbonyl (C=O) groups excluding carboxylic acids is 1. The summed E-state index contributed by atoms with van der Waals surface area (Å²) >= 11 is 2.01. The average molecular weight is 348 g/mol. The van der Waals surface area contributed by atoms with Gasteiger partial charge in [0.25, 0.3) is 11.6 Å². The maximum Gasteiger partial charge on any atom is 0.270 e. The van der Waals surface area contributed by atoms with Gasteiger partial charge < -0.3 is 4.90 Å². The summed E-state index contributed by atoms with van der Waals surface area (Å²) in [5.41, 5.74) is 0.337. The predicted octanol–water partition coefficient (Wildman–Crippen LogP) is 2.68. The molecule has 0 aliphatic rings. The lowest BCUT2D eigenvalue weighted by Crippen LogP contribution is -2.31. The van der Waals surface area contributed by atoms with Crippen molar-refractivity contribution in [3.63, 3.8) is 0 Å². The molecule has 6 heteroatoms. The zero-order chi connectivity index (χ0) is 13.0. The Morgan fingerprint density at radius 2 is 2.00 bits per heavy atom. The van der Waals surface area contributed by atoms with E-state index in [1.807, 2.05) is 36.4 Å². The molecule has 0 N–H and O–H groups in total. The molecule has 0 radical (unpaired) electrons. The monoisotopic (exact) mass is 348 g/mol. The third-order valence-corrected chi connectivity index (χ3v) is 3.38. The van der Waals surface area contributed by atoms with Crippen molar-refractivity contribution < 1.29 is 9.72 Å². The highest BCUT2D eigenvalue weighted by Gasteiger charge is 2.18. The van der Waals surface area contributed by atoms with Crippen LogP contribution in [0.2, 0.25) is 0 Å². The quantitative estimate of drug-likeness (QED) is 0.477. The molecule has 0 saturated heterocycles. The highest BCUT2D eigenvalue weighted by molar-refractivity contribution is 14.1. The summed E-state index contributed by atoms with van der Waals surface area (Å²) in [6.45, 7) is 4.94. The summed E-state index contributed by atoms with van der Waals surface area (Å²) < 4.78 is 0.727. The molecule has 0 aliphatic heterocycles. The Kier molecular flexibility index (Phi) is 4.86. The molecule has 0 unspecified atom stereocenters. The summed E-state index contributed by atoms with van der Waals surface area (Å²) in [6, 6.07) is 4.33. The minimum absolute atomic E-state index is 0.0547. The second-order valence-electron chi connectivity index (χ2n) is 3.40. The fraction of sp³-hybridized carbons (Fsp3) is 0.364. The number of nitrogens with zero attached hydrogens (tertiary/aromatic N) is 2. The van der Waals surface area contributed by atoms with E-state index < -0.39 is 4.92 Å². The van der Waals surface area contributed by atoms with Gasteiger partial charge in [0.15, 0.2) is 0 Å². The molecule has 1 rings (SSSR count). The van der Waals surface area contributed by atoms with Crippen molar-refractivity contribution in [3.8, 4) is 0 Å². The van der Waals surface area contributed by atoms with Crippen molar-refractivity contribution in [2.75, 3.05) is 13.1 Å². The van der Waals surface area contributed by atoms with E-state index in [2.05, 4.69) is 0 Å². The second kappa shape index (κ2) is 5.95. The van der Waals surface area contributed by atoms with E-state index in [4.69, 9.17) is 0 Å². The van der Waals surface area contributed by atoms with Gasteiger partial charge in [-0.2, -0.15) is 0 Å². The van der Waals surface area contributed by atoms with Crippen LogP contribution in [-0.2, 0) is 0 Å². The molecule has 0 heterocycles. The van der Waals surface area contributed by atoms with Gasteiger partial charge in [-0.25, -0.2) is 0 Å². The van der Waals surface area contributed by atoms with E-state index in [1.54, 1.807) is 11.0 Å². The van der Waals surface area contributed by atoms with Gasteiger partial charge in [-0.15, -0.1) is 0 Å². The smallest absolute Gasteiger partial charge is 0.270 e. The Hall–Kier alpha value is -1.18. The third-order valence-electron chi connectivity index (χ3n) is 2.44. The van der Waals surface area contributed by atoms with Gasteiger partial charge in [0.05, 0.1) is 10.5 Å². The maximum atomic E-state index is 12.1. The van der Waals surface area contributed by atoms with Crippen molar-refractivity contribution >= 4 is 34.2 Å². The predicted molar refractivity (Wildman–Crippen MR) is 73.1 cm³/mol.